The van der Waals surface area contributed by atoms with E-state index >= 15 is 0 Å². The fraction of sp³-hybridized carbons (Fsp3) is 0.750. The Morgan fingerprint density at radius 2 is 1.84 bits per heavy atom. The number of carbonyl (C=O) groups excluding carboxylic acids is 2. The molecule has 0 saturated heterocycles. The van der Waals surface area contributed by atoms with E-state index in [0.717, 1.165) is 0 Å². The van der Waals surface area contributed by atoms with Crippen LogP contribution in [-0.4, -0.2) is 41.5 Å². The second kappa shape index (κ2) is 8.47. The maximum absolute atomic E-state index is 11.5. The van der Waals surface area contributed by atoms with Gasteiger partial charge in [-0.05, 0) is 12.3 Å². The van der Waals surface area contributed by atoms with Crippen molar-refractivity contribution in [1.29, 1.82) is 0 Å². The van der Waals surface area contributed by atoms with E-state index in [2.05, 4.69) is 10.6 Å². The molecule has 0 aromatic rings. The highest BCUT2D eigenvalue weighted by atomic mass is 16.4. The van der Waals surface area contributed by atoms with Crippen molar-refractivity contribution in [2.45, 2.75) is 45.7 Å². The molecule has 0 aliphatic carbocycles. The second-order valence-electron chi connectivity index (χ2n) is 4.76. The van der Waals surface area contributed by atoms with Crippen LogP contribution in [0.1, 0.15) is 33.6 Å². The van der Waals surface area contributed by atoms with E-state index in [0.29, 0.717) is 6.42 Å². The minimum absolute atomic E-state index is 0.0153. The SMILES string of the molecule is CCC(CC(=O)O)NC(=O)CNC(=O)[C@@H](N)C(C)C. The molecule has 0 aliphatic rings. The Bertz CT molecular complexity index is 331. The van der Waals surface area contributed by atoms with Crippen LogP contribution >= 0.6 is 0 Å². The number of amides is 2. The third-order valence-corrected chi connectivity index (χ3v) is 2.72. The summed E-state index contributed by atoms with van der Waals surface area (Å²) < 4.78 is 0. The molecule has 0 saturated carbocycles. The highest BCUT2D eigenvalue weighted by Gasteiger charge is 2.19. The standard InChI is InChI=1S/C12H23N3O4/c1-4-8(5-10(17)18)15-9(16)6-14-12(19)11(13)7(2)3/h7-8,11H,4-6,13H2,1-3H3,(H,14,19)(H,15,16)(H,17,18)/t8?,11-/m0/s1. The van der Waals surface area contributed by atoms with Gasteiger partial charge in [0.15, 0.2) is 0 Å². The lowest BCUT2D eigenvalue weighted by Gasteiger charge is -2.17. The molecular weight excluding hydrogens is 250 g/mol. The number of aliphatic carboxylic acids is 1. The van der Waals surface area contributed by atoms with Crippen LogP contribution in [0.5, 0.6) is 0 Å². The zero-order valence-corrected chi connectivity index (χ0v) is 11.6. The Morgan fingerprint density at radius 3 is 2.26 bits per heavy atom. The second-order valence-corrected chi connectivity index (χ2v) is 4.76. The first-order valence-corrected chi connectivity index (χ1v) is 6.32. The normalized spacial score (nSPS) is 13.7. The van der Waals surface area contributed by atoms with Gasteiger partial charge >= 0.3 is 5.97 Å². The molecule has 2 atom stereocenters. The summed E-state index contributed by atoms with van der Waals surface area (Å²) in [6, 6.07) is -1.09. The van der Waals surface area contributed by atoms with Crippen LogP contribution in [0.4, 0.5) is 0 Å². The van der Waals surface area contributed by atoms with Gasteiger partial charge in [0.25, 0.3) is 0 Å². The lowest BCUT2D eigenvalue weighted by Crippen LogP contribution is -2.48. The number of nitrogens with two attached hydrogens (primary N) is 1. The molecule has 110 valence electrons. The fourth-order valence-electron chi connectivity index (χ4n) is 1.37. The number of nitrogens with one attached hydrogen (secondary N) is 2. The maximum Gasteiger partial charge on any atom is 0.305 e. The van der Waals surface area contributed by atoms with Crippen molar-refractivity contribution in [2.75, 3.05) is 6.54 Å². The van der Waals surface area contributed by atoms with Gasteiger partial charge in [0, 0.05) is 6.04 Å². The van der Waals surface area contributed by atoms with Crippen LogP contribution in [0.3, 0.4) is 0 Å². The molecule has 0 aliphatic heterocycles. The van der Waals surface area contributed by atoms with Gasteiger partial charge in [-0.25, -0.2) is 0 Å². The van der Waals surface area contributed by atoms with E-state index in [1.54, 1.807) is 6.92 Å². The number of carboxylic acid groups (broad SMARTS) is 1. The van der Waals surface area contributed by atoms with Crippen LogP contribution in [0.15, 0.2) is 0 Å². The van der Waals surface area contributed by atoms with Crippen molar-refractivity contribution in [3.8, 4) is 0 Å². The molecule has 0 aromatic carbocycles. The average Bonchev–Trinajstić information content (AvgIpc) is 2.33. The lowest BCUT2D eigenvalue weighted by atomic mass is 10.1. The highest BCUT2D eigenvalue weighted by Crippen LogP contribution is 1.98. The number of carbonyl (C=O) groups is 3. The van der Waals surface area contributed by atoms with Crippen LogP contribution in [0.25, 0.3) is 0 Å². The van der Waals surface area contributed by atoms with E-state index in [-0.39, 0.29) is 18.9 Å². The van der Waals surface area contributed by atoms with E-state index < -0.39 is 29.9 Å². The van der Waals surface area contributed by atoms with Crippen molar-refractivity contribution in [1.82, 2.24) is 10.6 Å². The van der Waals surface area contributed by atoms with E-state index in [4.69, 9.17) is 10.8 Å². The first-order valence-electron chi connectivity index (χ1n) is 6.32. The molecule has 1 unspecified atom stereocenters. The third kappa shape index (κ3) is 7.40. The molecule has 0 heterocycles. The van der Waals surface area contributed by atoms with Gasteiger partial charge in [-0.3, -0.25) is 14.4 Å². The topological polar surface area (TPSA) is 122 Å². The quantitative estimate of drug-likeness (QED) is 0.473. The third-order valence-electron chi connectivity index (χ3n) is 2.72. The molecule has 0 rings (SSSR count). The summed E-state index contributed by atoms with van der Waals surface area (Å²) in [6.07, 6.45) is 0.374. The Labute approximate surface area is 112 Å². The Balaban J connectivity index is 4.10. The molecule has 2 amide bonds. The summed E-state index contributed by atoms with van der Waals surface area (Å²) in [4.78, 5) is 33.6. The molecule has 0 fully saturated rings. The molecule has 7 nitrogen and oxygen atoms in total. The number of hydrogen-bond acceptors (Lipinski definition) is 4. The number of carboxylic acids is 1. The van der Waals surface area contributed by atoms with Crippen LogP contribution in [-0.2, 0) is 14.4 Å². The molecule has 19 heavy (non-hydrogen) atoms. The highest BCUT2D eigenvalue weighted by molar-refractivity contribution is 5.87. The molecule has 5 N–H and O–H groups in total. The van der Waals surface area contributed by atoms with Crippen molar-refractivity contribution in [2.24, 2.45) is 11.7 Å². The molecule has 0 bridgehead atoms. The predicted molar refractivity (Wildman–Crippen MR) is 70.3 cm³/mol. The van der Waals surface area contributed by atoms with E-state index in [9.17, 15) is 14.4 Å². The van der Waals surface area contributed by atoms with Gasteiger partial charge in [-0.1, -0.05) is 20.8 Å². The first-order chi connectivity index (χ1) is 8.77. The molecule has 0 spiro atoms. The van der Waals surface area contributed by atoms with Gasteiger partial charge in [-0.2, -0.15) is 0 Å². The molecular formula is C12H23N3O4. The van der Waals surface area contributed by atoms with Gasteiger partial charge in [0.05, 0.1) is 19.0 Å². The van der Waals surface area contributed by atoms with E-state index in [1.165, 1.54) is 0 Å². The van der Waals surface area contributed by atoms with Gasteiger partial charge in [-0.15, -0.1) is 0 Å². The lowest BCUT2D eigenvalue weighted by molar-refractivity contribution is -0.138. The molecule has 0 aromatic heterocycles. The van der Waals surface area contributed by atoms with Gasteiger partial charge < -0.3 is 21.5 Å². The zero-order valence-electron chi connectivity index (χ0n) is 11.6. The van der Waals surface area contributed by atoms with Crippen LogP contribution in [0.2, 0.25) is 0 Å². The summed E-state index contributed by atoms with van der Waals surface area (Å²) in [7, 11) is 0. The van der Waals surface area contributed by atoms with Gasteiger partial charge in [0.1, 0.15) is 0 Å². The Kier molecular flexibility index (Phi) is 7.74. The first kappa shape index (κ1) is 17.4. The van der Waals surface area contributed by atoms with Crippen molar-refractivity contribution < 1.29 is 19.5 Å². The summed E-state index contributed by atoms with van der Waals surface area (Å²) in [5, 5.41) is 13.6. The smallest absolute Gasteiger partial charge is 0.305 e. The van der Waals surface area contributed by atoms with E-state index in [1.807, 2.05) is 13.8 Å². The average molecular weight is 273 g/mol. The summed E-state index contributed by atoms with van der Waals surface area (Å²) in [5.74, 6) is -1.80. The fourth-order valence-corrected chi connectivity index (χ4v) is 1.37. The minimum atomic E-state index is -0.974. The zero-order chi connectivity index (χ0) is 15.0. The van der Waals surface area contributed by atoms with Gasteiger partial charge in [0.2, 0.25) is 11.8 Å². The van der Waals surface area contributed by atoms with Crippen LogP contribution < -0.4 is 16.4 Å². The summed E-state index contributed by atoms with van der Waals surface area (Å²) >= 11 is 0. The van der Waals surface area contributed by atoms with Crippen LogP contribution in [0, 0.1) is 5.92 Å². The minimum Gasteiger partial charge on any atom is -0.481 e. The Morgan fingerprint density at radius 1 is 1.26 bits per heavy atom. The largest absolute Gasteiger partial charge is 0.481 e. The molecule has 0 radical (unpaired) electrons. The Hall–Kier alpha value is -1.63. The number of rotatable bonds is 8. The van der Waals surface area contributed by atoms with Crippen molar-refractivity contribution in [3.05, 3.63) is 0 Å². The maximum atomic E-state index is 11.5. The van der Waals surface area contributed by atoms with Crippen molar-refractivity contribution in [3.63, 3.8) is 0 Å². The summed E-state index contributed by atoms with van der Waals surface area (Å²) in [5.41, 5.74) is 5.62. The summed E-state index contributed by atoms with van der Waals surface area (Å²) in [6.45, 7) is 5.20. The van der Waals surface area contributed by atoms with Crippen molar-refractivity contribution >= 4 is 17.8 Å². The molecule has 7 heteroatoms. The number of hydrogen-bond donors (Lipinski definition) is 4. The monoisotopic (exact) mass is 273 g/mol. The predicted octanol–water partition coefficient (Wildman–Crippen LogP) is -0.545.